The van der Waals surface area contributed by atoms with Crippen LogP contribution in [-0.2, 0) is 24.1 Å². The highest BCUT2D eigenvalue weighted by atomic mass is 19.1. The van der Waals surface area contributed by atoms with Gasteiger partial charge in [0, 0.05) is 56.8 Å². The number of hydrogen-bond acceptors (Lipinski definition) is 5. The SMILES string of the molecule is C=C(NCCc1ccncc1)C(Cc1ccc(F)cc1)N(C)C(=O)[C@@H](Cc1ccc2ccccc2c1)N(C)C(=O)c1cccc(C(C)N)c1. The second-order valence-electron chi connectivity index (χ2n) is 12.6. The molecule has 0 bridgehead atoms. The molecule has 0 aliphatic rings. The number of halogens is 1. The summed E-state index contributed by atoms with van der Waals surface area (Å²) in [4.78, 5) is 36.0. The van der Waals surface area contributed by atoms with E-state index in [-0.39, 0.29) is 23.7 Å². The number of fused-ring (bicyclic) bond motifs is 1. The molecule has 7 nitrogen and oxygen atoms in total. The number of aromatic nitrogens is 1. The third-order valence-corrected chi connectivity index (χ3v) is 9.05. The summed E-state index contributed by atoms with van der Waals surface area (Å²) in [5.74, 6) is -0.848. The predicted octanol–water partition coefficient (Wildman–Crippen LogP) is 6.49. The Balaban J connectivity index is 1.46. The minimum Gasteiger partial charge on any atom is -0.387 e. The number of pyridine rings is 1. The van der Waals surface area contributed by atoms with E-state index in [0.29, 0.717) is 30.6 Å². The van der Waals surface area contributed by atoms with Gasteiger partial charge in [0.25, 0.3) is 5.91 Å². The molecule has 252 valence electrons. The Bertz CT molecular complexity index is 1890. The third-order valence-electron chi connectivity index (χ3n) is 9.05. The molecule has 2 amide bonds. The van der Waals surface area contributed by atoms with Crippen LogP contribution in [0.25, 0.3) is 10.8 Å². The summed E-state index contributed by atoms with van der Waals surface area (Å²) in [5.41, 5.74) is 11.0. The van der Waals surface area contributed by atoms with Crippen molar-refractivity contribution in [1.82, 2.24) is 20.1 Å². The van der Waals surface area contributed by atoms with Crippen molar-refractivity contribution in [3.05, 3.63) is 161 Å². The Labute approximate surface area is 288 Å². The second-order valence-corrected chi connectivity index (χ2v) is 12.6. The van der Waals surface area contributed by atoms with Crippen molar-refractivity contribution < 1.29 is 14.0 Å². The van der Waals surface area contributed by atoms with Gasteiger partial charge in [-0.15, -0.1) is 0 Å². The van der Waals surface area contributed by atoms with Gasteiger partial charge in [0.15, 0.2) is 0 Å². The molecule has 8 heteroatoms. The van der Waals surface area contributed by atoms with Crippen molar-refractivity contribution in [2.45, 2.75) is 44.3 Å². The van der Waals surface area contributed by atoms with Gasteiger partial charge in [-0.2, -0.15) is 0 Å². The molecule has 1 aromatic heterocycles. The maximum atomic E-state index is 14.7. The first kappa shape index (κ1) is 35.0. The fraction of sp³-hybridized carbons (Fsp3) is 0.244. The van der Waals surface area contributed by atoms with Crippen LogP contribution in [0.15, 0.2) is 128 Å². The molecule has 0 spiro atoms. The first-order chi connectivity index (χ1) is 23.6. The zero-order chi connectivity index (χ0) is 34.9. The van der Waals surface area contributed by atoms with E-state index in [4.69, 9.17) is 5.73 Å². The topological polar surface area (TPSA) is 91.6 Å². The average Bonchev–Trinajstić information content (AvgIpc) is 3.12. The lowest BCUT2D eigenvalue weighted by atomic mass is 9.97. The van der Waals surface area contributed by atoms with Crippen LogP contribution >= 0.6 is 0 Å². The molecular weight excluding hydrogens is 613 g/mol. The van der Waals surface area contributed by atoms with Crippen LogP contribution in [0.1, 0.15) is 45.6 Å². The van der Waals surface area contributed by atoms with Crippen LogP contribution in [0.3, 0.4) is 0 Å². The smallest absolute Gasteiger partial charge is 0.254 e. The molecule has 0 radical (unpaired) electrons. The number of nitrogens with two attached hydrogens (primary N) is 1. The van der Waals surface area contributed by atoms with Crippen molar-refractivity contribution >= 4 is 22.6 Å². The molecule has 5 rings (SSSR count). The number of amides is 2. The molecule has 3 atom stereocenters. The summed E-state index contributed by atoms with van der Waals surface area (Å²) in [5, 5.41) is 5.58. The fourth-order valence-electron chi connectivity index (χ4n) is 6.04. The van der Waals surface area contributed by atoms with E-state index in [0.717, 1.165) is 39.4 Å². The molecule has 0 aliphatic heterocycles. The summed E-state index contributed by atoms with van der Waals surface area (Å²) in [6, 6.07) is 30.0. The monoisotopic (exact) mass is 657 g/mol. The minimum absolute atomic E-state index is 0.239. The fourth-order valence-corrected chi connectivity index (χ4v) is 6.04. The molecule has 3 N–H and O–H groups in total. The van der Waals surface area contributed by atoms with Gasteiger partial charge in [0.1, 0.15) is 11.9 Å². The summed E-state index contributed by atoms with van der Waals surface area (Å²) >= 11 is 0. The van der Waals surface area contributed by atoms with Gasteiger partial charge in [-0.25, -0.2) is 4.39 Å². The molecule has 4 aromatic carbocycles. The molecule has 0 saturated heterocycles. The van der Waals surface area contributed by atoms with E-state index in [1.165, 1.54) is 17.0 Å². The van der Waals surface area contributed by atoms with E-state index in [1.54, 1.807) is 55.7 Å². The number of benzene rings is 4. The highest BCUT2D eigenvalue weighted by molar-refractivity contribution is 5.98. The lowest BCUT2D eigenvalue weighted by molar-refractivity contribution is -0.136. The predicted molar refractivity (Wildman–Crippen MR) is 194 cm³/mol. The molecular formula is C41H44FN5O2. The zero-order valence-electron chi connectivity index (χ0n) is 28.4. The zero-order valence-corrected chi connectivity index (χ0v) is 28.4. The van der Waals surface area contributed by atoms with Crippen LogP contribution in [-0.4, -0.2) is 59.3 Å². The summed E-state index contributed by atoms with van der Waals surface area (Å²) in [6.07, 6.45) is 4.96. The molecule has 0 aliphatic carbocycles. The van der Waals surface area contributed by atoms with Crippen LogP contribution < -0.4 is 11.1 Å². The van der Waals surface area contributed by atoms with Gasteiger partial charge in [0.05, 0.1) is 6.04 Å². The Kier molecular flexibility index (Phi) is 11.5. The molecule has 0 fully saturated rings. The van der Waals surface area contributed by atoms with Crippen LogP contribution in [0.5, 0.6) is 0 Å². The number of nitrogens with zero attached hydrogens (tertiary/aromatic N) is 3. The first-order valence-electron chi connectivity index (χ1n) is 16.5. The summed E-state index contributed by atoms with van der Waals surface area (Å²) in [6.45, 7) is 6.82. The first-order valence-corrected chi connectivity index (χ1v) is 16.5. The summed E-state index contributed by atoms with van der Waals surface area (Å²) < 4.78 is 13.8. The van der Waals surface area contributed by atoms with E-state index in [1.807, 2.05) is 67.6 Å². The third kappa shape index (κ3) is 8.97. The van der Waals surface area contributed by atoms with Gasteiger partial charge in [-0.05, 0) is 89.2 Å². The van der Waals surface area contributed by atoms with Crippen molar-refractivity contribution in [2.24, 2.45) is 5.73 Å². The number of carbonyl (C=O) groups is 2. The lowest BCUT2D eigenvalue weighted by Gasteiger charge is -2.36. The van der Waals surface area contributed by atoms with Crippen molar-refractivity contribution in [3.63, 3.8) is 0 Å². The van der Waals surface area contributed by atoms with Gasteiger partial charge in [-0.1, -0.05) is 73.3 Å². The number of rotatable bonds is 14. The number of hydrogen-bond donors (Lipinski definition) is 2. The largest absolute Gasteiger partial charge is 0.387 e. The van der Waals surface area contributed by atoms with Crippen molar-refractivity contribution in [3.8, 4) is 0 Å². The summed E-state index contributed by atoms with van der Waals surface area (Å²) in [7, 11) is 3.42. The minimum atomic E-state index is -0.835. The van der Waals surface area contributed by atoms with Gasteiger partial charge in [-0.3, -0.25) is 14.6 Å². The molecule has 49 heavy (non-hydrogen) atoms. The van der Waals surface area contributed by atoms with Gasteiger partial charge in [0.2, 0.25) is 5.91 Å². The van der Waals surface area contributed by atoms with Gasteiger partial charge >= 0.3 is 0 Å². The van der Waals surface area contributed by atoms with E-state index in [9.17, 15) is 14.0 Å². The van der Waals surface area contributed by atoms with Crippen LogP contribution in [0.2, 0.25) is 0 Å². The Morgan fingerprint density at radius 3 is 2.18 bits per heavy atom. The lowest BCUT2D eigenvalue weighted by Crippen LogP contribution is -2.53. The molecule has 2 unspecified atom stereocenters. The van der Waals surface area contributed by atoms with E-state index >= 15 is 0 Å². The van der Waals surface area contributed by atoms with Gasteiger partial charge < -0.3 is 20.9 Å². The highest BCUT2D eigenvalue weighted by Gasteiger charge is 2.34. The number of nitrogens with one attached hydrogen (secondary N) is 1. The number of likely N-dealkylation sites (N-methyl/N-ethyl adjacent to an activating group) is 2. The van der Waals surface area contributed by atoms with Crippen LogP contribution in [0.4, 0.5) is 4.39 Å². The molecule has 0 saturated carbocycles. The van der Waals surface area contributed by atoms with E-state index < -0.39 is 12.1 Å². The normalized spacial score (nSPS) is 12.9. The quantitative estimate of drug-likeness (QED) is 0.143. The standard InChI is InChI=1S/C41H44FN5O2/c1-28(43)34-10-7-11-36(27-34)40(48)47(4)39(26-32-12-15-33-8-5-6-9-35(33)24-32)41(49)46(3)38(25-31-13-16-37(42)17-14-31)29(2)45-23-20-30-18-21-44-22-19-30/h5-19,21-22,24,27-28,38-39,45H,2,20,23,25-26,43H2,1,3-4H3/t28?,38?,39-/m1/s1. The second kappa shape index (κ2) is 16.2. The highest BCUT2D eigenvalue weighted by Crippen LogP contribution is 2.23. The Morgan fingerprint density at radius 2 is 1.47 bits per heavy atom. The number of carbonyl (C=O) groups excluding carboxylic acids is 2. The van der Waals surface area contributed by atoms with Crippen LogP contribution in [0, 0.1) is 5.82 Å². The maximum Gasteiger partial charge on any atom is 0.254 e. The van der Waals surface area contributed by atoms with Crippen molar-refractivity contribution in [1.29, 1.82) is 0 Å². The Hall–Kier alpha value is -5.34. The van der Waals surface area contributed by atoms with Crippen molar-refractivity contribution in [2.75, 3.05) is 20.6 Å². The molecule has 5 aromatic rings. The maximum absolute atomic E-state index is 14.7. The Morgan fingerprint density at radius 1 is 0.796 bits per heavy atom. The molecule has 1 heterocycles. The van der Waals surface area contributed by atoms with E-state index in [2.05, 4.69) is 22.9 Å². The average molecular weight is 658 g/mol.